The van der Waals surface area contributed by atoms with Crippen molar-refractivity contribution in [1.29, 1.82) is 0 Å². The second-order valence-corrected chi connectivity index (χ2v) is 3.51. The normalized spacial score (nSPS) is 9.93. The van der Waals surface area contributed by atoms with E-state index in [1.54, 1.807) is 48.8 Å². The summed E-state index contributed by atoms with van der Waals surface area (Å²) in [4.78, 5) is 15.8. The zero-order valence-corrected chi connectivity index (χ0v) is 8.61. The maximum atomic E-state index is 11.9. The fourth-order valence-electron chi connectivity index (χ4n) is 1.27. The molecule has 2 rings (SSSR count). The monoisotopic (exact) mass is 217 g/mol. The number of halogens is 1. The second-order valence-electron chi connectivity index (χ2n) is 3.08. The molecule has 74 valence electrons. The summed E-state index contributed by atoms with van der Waals surface area (Å²) in [6, 6.07) is 10.3. The third-order valence-corrected chi connectivity index (χ3v) is 2.28. The van der Waals surface area contributed by atoms with Gasteiger partial charge in [-0.1, -0.05) is 11.6 Å². The first-order chi connectivity index (χ1) is 7.27. The van der Waals surface area contributed by atoms with E-state index < -0.39 is 0 Å². The average Bonchev–Trinajstić information content (AvgIpc) is 2.30. The Morgan fingerprint density at radius 2 is 1.80 bits per heavy atom. The van der Waals surface area contributed by atoms with Crippen LogP contribution in [0.3, 0.4) is 0 Å². The number of nitrogens with zero attached hydrogens (tertiary/aromatic N) is 1. The summed E-state index contributed by atoms with van der Waals surface area (Å²) < 4.78 is 0. The van der Waals surface area contributed by atoms with Crippen molar-refractivity contribution >= 4 is 17.4 Å². The Hall–Kier alpha value is -1.67. The number of aromatic nitrogens is 1. The molecule has 0 amide bonds. The molecule has 0 fully saturated rings. The first-order valence-corrected chi connectivity index (χ1v) is 4.85. The van der Waals surface area contributed by atoms with E-state index in [4.69, 9.17) is 11.6 Å². The molecule has 0 unspecified atom stereocenters. The molecule has 0 saturated carbocycles. The molecule has 1 heterocycles. The number of rotatable bonds is 2. The zero-order valence-electron chi connectivity index (χ0n) is 7.85. The maximum absolute atomic E-state index is 11.9. The van der Waals surface area contributed by atoms with Gasteiger partial charge in [0.05, 0.1) is 0 Å². The number of hydrogen-bond acceptors (Lipinski definition) is 2. The van der Waals surface area contributed by atoms with Gasteiger partial charge in [0.15, 0.2) is 5.78 Å². The van der Waals surface area contributed by atoms with Crippen molar-refractivity contribution in [3.05, 3.63) is 64.9 Å². The summed E-state index contributed by atoms with van der Waals surface area (Å²) in [5.74, 6) is -0.0419. The van der Waals surface area contributed by atoms with Crippen molar-refractivity contribution in [3.63, 3.8) is 0 Å². The molecule has 0 N–H and O–H groups in total. The zero-order chi connectivity index (χ0) is 10.7. The first-order valence-electron chi connectivity index (χ1n) is 4.47. The van der Waals surface area contributed by atoms with Crippen LogP contribution in [0.15, 0.2) is 48.8 Å². The number of hydrogen-bond donors (Lipinski definition) is 0. The van der Waals surface area contributed by atoms with Crippen LogP contribution in [0.4, 0.5) is 0 Å². The van der Waals surface area contributed by atoms with Crippen molar-refractivity contribution < 1.29 is 4.79 Å². The minimum absolute atomic E-state index is 0.0419. The summed E-state index contributed by atoms with van der Waals surface area (Å²) >= 11 is 5.74. The van der Waals surface area contributed by atoms with Crippen LogP contribution in [0.25, 0.3) is 0 Å². The van der Waals surface area contributed by atoms with Gasteiger partial charge in [0.1, 0.15) is 0 Å². The fraction of sp³-hybridized carbons (Fsp3) is 0. The largest absolute Gasteiger partial charge is 0.289 e. The second kappa shape index (κ2) is 4.24. The molecule has 0 aliphatic heterocycles. The summed E-state index contributed by atoms with van der Waals surface area (Å²) in [5.41, 5.74) is 1.20. The van der Waals surface area contributed by atoms with Gasteiger partial charge in [0.25, 0.3) is 0 Å². The molecule has 0 atom stereocenters. The predicted molar refractivity (Wildman–Crippen MR) is 59.1 cm³/mol. The summed E-state index contributed by atoms with van der Waals surface area (Å²) in [6.45, 7) is 0. The Bertz CT molecular complexity index is 465. The van der Waals surface area contributed by atoms with E-state index in [0.717, 1.165) is 0 Å². The van der Waals surface area contributed by atoms with E-state index in [0.29, 0.717) is 16.1 Å². The standard InChI is InChI=1S/C12H8ClNO/c13-11-5-3-9(4-6-11)12(15)10-2-1-7-14-8-10/h1-8H. The van der Waals surface area contributed by atoms with Crippen molar-refractivity contribution in [2.24, 2.45) is 0 Å². The molecule has 2 nitrogen and oxygen atoms in total. The number of carbonyl (C=O) groups is 1. The molecule has 0 aliphatic rings. The molecule has 3 heteroatoms. The third-order valence-electron chi connectivity index (χ3n) is 2.03. The molecular formula is C12H8ClNO. The fourth-order valence-corrected chi connectivity index (χ4v) is 1.39. The van der Waals surface area contributed by atoms with Crippen LogP contribution < -0.4 is 0 Å². The Labute approximate surface area is 92.5 Å². The smallest absolute Gasteiger partial charge is 0.194 e. The number of benzene rings is 1. The van der Waals surface area contributed by atoms with Crippen LogP contribution in [0, 0.1) is 0 Å². The van der Waals surface area contributed by atoms with Crippen LogP contribution in [0.1, 0.15) is 15.9 Å². The van der Waals surface area contributed by atoms with Crippen LogP contribution in [-0.4, -0.2) is 10.8 Å². The van der Waals surface area contributed by atoms with Gasteiger partial charge in [-0.15, -0.1) is 0 Å². The molecule has 1 aromatic heterocycles. The van der Waals surface area contributed by atoms with Gasteiger partial charge in [-0.3, -0.25) is 9.78 Å². The topological polar surface area (TPSA) is 30.0 Å². The lowest BCUT2D eigenvalue weighted by Gasteiger charge is -1.99. The Morgan fingerprint density at radius 3 is 2.40 bits per heavy atom. The summed E-state index contributed by atoms with van der Waals surface area (Å²) in [5, 5.41) is 0.623. The van der Waals surface area contributed by atoms with Crippen molar-refractivity contribution in [1.82, 2.24) is 4.98 Å². The number of pyridine rings is 1. The summed E-state index contributed by atoms with van der Waals surface area (Å²) in [7, 11) is 0. The van der Waals surface area contributed by atoms with Crippen LogP contribution in [-0.2, 0) is 0 Å². The SMILES string of the molecule is O=C(c1ccc(Cl)cc1)c1cccnc1. The number of ketones is 1. The molecule has 0 aliphatic carbocycles. The van der Waals surface area contributed by atoms with E-state index in [1.807, 2.05) is 0 Å². The lowest BCUT2D eigenvalue weighted by atomic mass is 10.1. The van der Waals surface area contributed by atoms with E-state index in [-0.39, 0.29) is 5.78 Å². The van der Waals surface area contributed by atoms with Crippen LogP contribution in [0.5, 0.6) is 0 Å². The molecule has 15 heavy (non-hydrogen) atoms. The molecule has 2 aromatic rings. The van der Waals surface area contributed by atoms with Gasteiger partial charge in [0, 0.05) is 28.5 Å². The molecule has 0 spiro atoms. The Balaban J connectivity index is 2.33. The van der Waals surface area contributed by atoms with Crippen molar-refractivity contribution in [3.8, 4) is 0 Å². The minimum Gasteiger partial charge on any atom is -0.289 e. The van der Waals surface area contributed by atoms with Gasteiger partial charge in [0.2, 0.25) is 0 Å². The van der Waals surface area contributed by atoms with Gasteiger partial charge < -0.3 is 0 Å². The Kier molecular flexibility index (Phi) is 2.79. The predicted octanol–water partition coefficient (Wildman–Crippen LogP) is 2.97. The Morgan fingerprint density at radius 1 is 1.07 bits per heavy atom. The lowest BCUT2D eigenvalue weighted by Crippen LogP contribution is -2.00. The lowest BCUT2D eigenvalue weighted by molar-refractivity contribution is 0.103. The van der Waals surface area contributed by atoms with Gasteiger partial charge in [-0.05, 0) is 36.4 Å². The van der Waals surface area contributed by atoms with Gasteiger partial charge in [-0.2, -0.15) is 0 Å². The highest BCUT2D eigenvalue weighted by molar-refractivity contribution is 6.30. The van der Waals surface area contributed by atoms with Crippen LogP contribution in [0.2, 0.25) is 5.02 Å². The molecule has 1 aromatic carbocycles. The molecule has 0 saturated heterocycles. The van der Waals surface area contributed by atoms with Gasteiger partial charge >= 0.3 is 0 Å². The molecule has 0 bridgehead atoms. The number of carbonyl (C=O) groups excluding carboxylic acids is 1. The van der Waals surface area contributed by atoms with Crippen molar-refractivity contribution in [2.75, 3.05) is 0 Å². The quantitative estimate of drug-likeness (QED) is 0.724. The highest BCUT2D eigenvalue weighted by atomic mass is 35.5. The van der Waals surface area contributed by atoms with Gasteiger partial charge in [-0.25, -0.2) is 0 Å². The third kappa shape index (κ3) is 2.22. The van der Waals surface area contributed by atoms with Crippen molar-refractivity contribution in [2.45, 2.75) is 0 Å². The van der Waals surface area contributed by atoms with E-state index in [1.165, 1.54) is 0 Å². The maximum Gasteiger partial charge on any atom is 0.194 e. The van der Waals surface area contributed by atoms with E-state index in [9.17, 15) is 4.79 Å². The van der Waals surface area contributed by atoms with E-state index >= 15 is 0 Å². The summed E-state index contributed by atoms with van der Waals surface area (Å²) in [6.07, 6.45) is 3.19. The molecular weight excluding hydrogens is 210 g/mol. The van der Waals surface area contributed by atoms with Crippen LogP contribution >= 0.6 is 11.6 Å². The average molecular weight is 218 g/mol. The minimum atomic E-state index is -0.0419. The highest BCUT2D eigenvalue weighted by Gasteiger charge is 2.07. The molecule has 0 radical (unpaired) electrons. The first kappa shape index (κ1) is 9.87. The highest BCUT2D eigenvalue weighted by Crippen LogP contribution is 2.12. The van der Waals surface area contributed by atoms with E-state index in [2.05, 4.69) is 4.98 Å².